The number of thiophene rings is 1. The SMILES string of the molecule is CC1(C)CCC(C)(C)c2cc(Nc3cc4c(cc3-c3c5c(cc6c3sc3ccccc36)N3c6ccccc6C(c6ccccc6)(c6ccccc6)c6cccc(c63)B5)oc3ccccc34)ccc21. The van der Waals surface area contributed by atoms with Crippen molar-refractivity contribution in [2.75, 3.05) is 10.2 Å². The van der Waals surface area contributed by atoms with E-state index in [0.717, 1.165) is 52.6 Å². The highest BCUT2D eigenvalue weighted by atomic mass is 32.1. The van der Waals surface area contributed by atoms with Crippen molar-refractivity contribution >= 4 is 100 Å². The lowest BCUT2D eigenvalue weighted by Gasteiger charge is -2.49. The van der Waals surface area contributed by atoms with Crippen LogP contribution in [0.5, 0.6) is 0 Å². The molecular weight excluding hydrogens is 844 g/mol. The summed E-state index contributed by atoms with van der Waals surface area (Å²) in [4.78, 5) is 2.62. The molecule has 9 aromatic carbocycles. The zero-order chi connectivity index (χ0) is 45.5. The Morgan fingerprint density at radius 1 is 0.529 bits per heavy atom. The molecule has 1 aliphatic carbocycles. The lowest BCUT2D eigenvalue weighted by Crippen LogP contribution is -2.47. The normalized spacial score (nSPS) is 16.0. The molecule has 3 aliphatic rings. The number of hydrogen-bond acceptors (Lipinski definition) is 4. The van der Waals surface area contributed by atoms with Crippen LogP contribution in [0.15, 0.2) is 192 Å². The zero-order valence-corrected chi connectivity index (χ0v) is 39.6. The number of nitrogens with zero attached hydrogens (tertiary/aromatic N) is 1. The van der Waals surface area contributed by atoms with Gasteiger partial charge in [-0.25, -0.2) is 0 Å². The largest absolute Gasteiger partial charge is 0.456 e. The molecule has 0 fully saturated rings. The lowest BCUT2D eigenvalue weighted by molar-refractivity contribution is 0.332. The average Bonchev–Trinajstić information content (AvgIpc) is 3.93. The smallest absolute Gasteiger partial charge is 0.198 e. The molecule has 3 nitrogen and oxygen atoms in total. The third kappa shape index (κ3) is 5.54. The second-order valence-electron chi connectivity index (χ2n) is 20.7. The van der Waals surface area contributed by atoms with E-state index in [1.165, 1.54) is 93.5 Å². The van der Waals surface area contributed by atoms with Crippen LogP contribution in [0.4, 0.5) is 28.4 Å². The van der Waals surface area contributed by atoms with Gasteiger partial charge < -0.3 is 14.6 Å². The highest BCUT2D eigenvalue weighted by molar-refractivity contribution is 7.26. The van der Waals surface area contributed by atoms with Gasteiger partial charge in [0.25, 0.3) is 0 Å². The number of rotatable bonds is 5. The van der Waals surface area contributed by atoms with Crippen LogP contribution in [0, 0.1) is 0 Å². The van der Waals surface area contributed by atoms with Gasteiger partial charge in [-0.3, -0.25) is 0 Å². The van der Waals surface area contributed by atoms with Gasteiger partial charge in [0.05, 0.1) is 11.1 Å². The molecule has 1 N–H and O–H groups in total. The van der Waals surface area contributed by atoms with Gasteiger partial charge in [-0.2, -0.15) is 0 Å². The van der Waals surface area contributed by atoms with Gasteiger partial charge in [-0.15, -0.1) is 11.3 Å². The van der Waals surface area contributed by atoms with Crippen molar-refractivity contribution in [1.82, 2.24) is 0 Å². The highest BCUT2D eigenvalue weighted by Crippen LogP contribution is 2.59. The Labute approximate surface area is 401 Å². The number of nitrogens with one attached hydrogen (secondary N) is 1. The predicted octanol–water partition coefficient (Wildman–Crippen LogP) is 15.6. The minimum Gasteiger partial charge on any atom is -0.456 e. The molecule has 2 aromatic heterocycles. The molecule has 5 heteroatoms. The summed E-state index contributed by atoms with van der Waals surface area (Å²) in [6.07, 6.45) is 2.35. The Morgan fingerprint density at radius 3 is 2.00 bits per heavy atom. The second-order valence-corrected chi connectivity index (χ2v) is 21.7. The third-order valence-electron chi connectivity index (χ3n) is 16.0. The van der Waals surface area contributed by atoms with Crippen molar-refractivity contribution in [3.63, 3.8) is 0 Å². The maximum Gasteiger partial charge on any atom is 0.198 e. The minimum atomic E-state index is -0.539. The van der Waals surface area contributed by atoms with Gasteiger partial charge in [0.1, 0.15) is 11.2 Å². The first-order valence-electron chi connectivity index (χ1n) is 24.2. The quantitative estimate of drug-likeness (QED) is 0.175. The van der Waals surface area contributed by atoms with E-state index in [1.807, 2.05) is 11.3 Å². The molecule has 0 saturated heterocycles. The number of furan rings is 1. The van der Waals surface area contributed by atoms with Crippen LogP contribution in [0.3, 0.4) is 0 Å². The highest BCUT2D eigenvalue weighted by Gasteiger charge is 2.49. The van der Waals surface area contributed by atoms with Gasteiger partial charge in [-0.05, 0) is 117 Å². The molecular formula is C63H49BN2OS. The Balaban J connectivity index is 1.07. The minimum absolute atomic E-state index is 0.0768. The Bertz CT molecular complexity index is 3840. The van der Waals surface area contributed by atoms with Crippen LogP contribution in [0.1, 0.15) is 73.9 Å². The molecule has 0 amide bonds. The first-order valence-corrected chi connectivity index (χ1v) is 25.0. The number of anilines is 5. The van der Waals surface area contributed by atoms with E-state index in [4.69, 9.17) is 4.42 Å². The van der Waals surface area contributed by atoms with Crippen molar-refractivity contribution in [1.29, 1.82) is 0 Å². The van der Waals surface area contributed by atoms with Crippen LogP contribution in [-0.2, 0) is 16.2 Å². The molecule has 11 aromatic rings. The maximum atomic E-state index is 6.80. The first-order chi connectivity index (χ1) is 33.2. The number of hydrogen-bond donors (Lipinski definition) is 1. The summed E-state index contributed by atoms with van der Waals surface area (Å²) >= 11 is 1.91. The fourth-order valence-corrected chi connectivity index (χ4v) is 13.9. The van der Waals surface area contributed by atoms with Gasteiger partial charge in [-0.1, -0.05) is 173 Å². The van der Waals surface area contributed by atoms with Crippen molar-refractivity contribution in [2.45, 2.75) is 56.8 Å². The maximum absolute atomic E-state index is 6.80. The van der Waals surface area contributed by atoms with Crippen LogP contribution in [0.25, 0.3) is 53.2 Å². The van der Waals surface area contributed by atoms with E-state index in [-0.39, 0.29) is 10.8 Å². The summed E-state index contributed by atoms with van der Waals surface area (Å²) in [5, 5.41) is 8.90. The van der Waals surface area contributed by atoms with Gasteiger partial charge in [0.15, 0.2) is 7.28 Å². The summed E-state index contributed by atoms with van der Waals surface area (Å²) in [7, 11) is 0.774. The molecule has 326 valence electrons. The standard InChI is InChI=1S/C63H49BN2OS/c1-61(2)32-33-62(3,4)49-34-40(30-31-46(49)61)65-51-35-43-41-22-11-15-28-54(41)67-55(43)37-45(51)57-58-53(36-44-42-23-12-16-29-56(42)68-60(44)57)66-52-27-14-13-24-47(52)63(38-18-7-5-8-19-38,39-20-9-6-10-21-39)48-25-17-26-50(64-58)59(48)66/h5-31,34-37,64-65H,32-33H2,1-4H3. The monoisotopic (exact) mass is 892 g/mol. The summed E-state index contributed by atoms with van der Waals surface area (Å²) in [5.74, 6) is 0. The second kappa shape index (κ2) is 14.3. The van der Waals surface area contributed by atoms with Crippen molar-refractivity contribution in [3.8, 4) is 11.1 Å². The van der Waals surface area contributed by atoms with Gasteiger partial charge >= 0.3 is 0 Å². The summed E-state index contributed by atoms with van der Waals surface area (Å²) in [5.41, 5.74) is 20.4. The summed E-state index contributed by atoms with van der Waals surface area (Å²) < 4.78 is 9.38. The lowest BCUT2D eigenvalue weighted by atomic mass is 9.54. The van der Waals surface area contributed by atoms with E-state index >= 15 is 0 Å². The van der Waals surface area contributed by atoms with Crippen LogP contribution in [0.2, 0.25) is 0 Å². The van der Waals surface area contributed by atoms with Crippen LogP contribution in [-0.4, -0.2) is 7.28 Å². The molecule has 0 radical (unpaired) electrons. The van der Waals surface area contributed by atoms with E-state index in [0.29, 0.717) is 0 Å². The number of para-hydroxylation sites is 3. The molecule has 0 bridgehead atoms. The van der Waals surface area contributed by atoms with E-state index in [2.05, 4.69) is 226 Å². The molecule has 14 rings (SSSR count). The molecule has 68 heavy (non-hydrogen) atoms. The average molecular weight is 893 g/mol. The molecule has 0 atom stereocenters. The Hall–Kier alpha value is -7.34. The first kappa shape index (κ1) is 39.8. The van der Waals surface area contributed by atoms with E-state index in [9.17, 15) is 0 Å². The number of benzene rings is 9. The van der Waals surface area contributed by atoms with E-state index < -0.39 is 5.41 Å². The number of fused-ring (bicyclic) bond motifs is 11. The molecule has 4 heterocycles. The topological polar surface area (TPSA) is 28.4 Å². The van der Waals surface area contributed by atoms with Gasteiger partial charge in [0, 0.05) is 59.3 Å². The van der Waals surface area contributed by atoms with Crippen LogP contribution >= 0.6 is 11.3 Å². The van der Waals surface area contributed by atoms with Crippen molar-refractivity contribution < 1.29 is 4.42 Å². The Kier molecular flexibility index (Phi) is 8.39. The molecule has 0 spiro atoms. The molecule has 0 unspecified atom stereocenters. The third-order valence-corrected chi connectivity index (χ3v) is 17.2. The Morgan fingerprint density at radius 2 is 1.21 bits per heavy atom. The van der Waals surface area contributed by atoms with Crippen LogP contribution < -0.4 is 21.1 Å². The fourth-order valence-electron chi connectivity index (χ4n) is 12.6. The van der Waals surface area contributed by atoms with Crippen molar-refractivity contribution in [3.05, 3.63) is 221 Å². The predicted molar refractivity (Wildman–Crippen MR) is 290 cm³/mol. The van der Waals surface area contributed by atoms with Gasteiger partial charge in [0.2, 0.25) is 0 Å². The summed E-state index contributed by atoms with van der Waals surface area (Å²) in [6.45, 7) is 9.65. The fraction of sp³-hybridized carbons (Fsp3) is 0.143. The van der Waals surface area contributed by atoms with Crippen molar-refractivity contribution in [2.24, 2.45) is 0 Å². The molecule has 2 aliphatic heterocycles. The summed E-state index contributed by atoms with van der Waals surface area (Å²) in [6, 6.07) is 70.4. The molecule has 0 saturated carbocycles. The zero-order valence-electron chi connectivity index (χ0n) is 38.8. The van der Waals surface area contributed by atoms with E-state index in [1.54, 1.807) is 0 Å².